The predicted molar refractivity (Wildman–Crippen MR) is 79.5 cm³/mol. The van der Waals surface area contributed by atoms with Gasteiger partial charge in [0, 0.05) is 6.04 Å². The first kappa shape index (κ1) is 14.2. The molecule has 1 saturated carbocycles. The van der Waals surface area contributed by atoms with Crippen molar-refractivity contribution in [1.29, 1.82) is 0 Å². The molecule has 0 aromatic heterocycles. The Balaban J connectivity index is 2.23. The van der Waals surface area contributed by atoms with Gasteiger partial charge in [0.1, 0.15) is 0 Å². The van der Waals surface area contributed by atoms with Crippen LogP contribution in [0.15, 0.2) is 18.2 Å². The van der Waals surface area contributed by atoms with Crippen LogP contribution < -0.4 is 5.32 Å². The molecular weight excluding hydrogens is 265 g/mol. The summed E-state index contributed by atoms with van der Waals surface area (Å²) in [6.45, 7) is 0. The van der Waals surface area contributed by atoms with E-state index >= 15 is 0 Å². The smallest absolute Gasteiger partial charge is 0.0640 e. The third-order valence-electron chi connectivity index (χ3n) is 4.00. The van der Waals surface area contributed by atoms with Gasteiger partial charge in [0.25, 0.3) is 0 Å². The standard InChI is InChI=1S/C15H21Cl2N/c1-18-15(11-7-4-2-3-5-8-11)12-9-6-10-13(16)14(12)17/h6,9-11,15,18H,2-5,7-8H2,1H3. The van der Waals surface area contributed by atoms with Crippen LogP contribution in [0.1, 0.15) is 50.1 Å². The maximum atomic E-state index is 6.35. The van der Waals surface area contributed by atoms with Crippen LogP contribution in [0, 0.1) is 5.92 Å². The van der Waals surface area contributed by atoms with Gasteiger partial charge in [-0.25, -0.2) is 0 Å². The molecule has 0 aliphatic heterocycles. The third-order valence-corrected chi connectivity index (χ3v) is 4.83. The van der Waals surface area contributed by atoms with Crippen LogP contribution in [0.3, 0.4) is 0 Å². The summed E-state index contributed by atoms with van der Waals surface area (Å²) in [6.07, 6.45) is 7.98. The Morgan fingerprint density at radius 1 is 1.11 bits per heavy atom. The highest BCUT2D eigenvalue weighted by molar-refractivity contribution is 6.42. The topological polar surface area (TPSA) is 12.0 Å². The lowest BCUT2D eigenvalue weighted by Crippen LogP contribution is -2.25. The summed E-state index contributed by atoms with van der Waals surface area (Å²) in [4.78, 5) is 0. The molecule has 0 heterocycles. The zero-order chi connectivity index (χ0) is 13.0. The van der Waals surface area contributed by atoms with Crippen LogP contribution in [0.4, 0.5) is 0 Å². The zero-order valence-corrected chi connectivity index (χ0v) is 12.4. The number of hydrogen-bond donors (Lipinski definition) is 1. The second-order valence-electron chi connectivity index (χ2n) is 5.16. The Morgan fingerprint density at radius 3 is 2.39 bits per heavy atom. The van der Waals surface area contributed by atoms with Gasteiger partial charge in [-0.15, -0.1) is 0 Å². The maximum Gasteiger partial charge on any atom is 0.0640 e. The van der Waals surface area contributed by atoms with Crippen molar-refractivity contribution in [2.45, 2.75) is 44.6 Å². The minimum atomic E-state index is 0.328. The summed E-state index contributed by atoms with van der Waals surface area (Å²) < 4.78 is 0. The van der Waals surface area contributed by atoms with Gasteiger partial charge in [-0.3, -0.25) is 0 Å². The molecule has 100 valence electrons. The summed E-state index contributed by atoms with van der Waals surface area (Å²) in [5.41, 5.74) is 1.15. The van der Waals surface area contributed by atoms with E-state index in [1.54, 1.807) is 0 Å². The normalized spacial score (nSPS) is 19.5. The van der Waals surface area contributed by atoms with Crippen molar-refractivity contribution in [2.75, 3.05) is 7.05 Å². The van der Waals surface area contributed by atoms with Gasteiger partial charge in [-0.1, -0.05) is 61.0 Å². The van der Waals surface area contributed by atoms with Crippen molar-refractivity contribution in [3.05, 3.63) is 33.8 Å². The highest BCUT2D eigenvalue weighted by atomic mass is 35.5. The summed E-state index contributed by atoms with van der Waals surface area (Å²) in [5.74, 6) is 0.675. The minimum Gasteiger partial charge on any atom is -0.313 e. The molecule has 0 saturated heterocycles. The molecule has 1 nitrogen and oxygen atoms in total. The predicted octanol–water partition coefficient (Wildman–Crippen LogP) is 5.22. The van der Waals surface area contributed by atoms with E-state index in [-0.39, 0.29) is 0 Å². The number of rotatable bonds is 3. The SMILES string of the molecule is CNC(c1cccc(Cl)c1Cl)C1CCCCCC1. The molecule has 1 fully saturated rings. The van der Waals surface area contributed by atoms with Gasteiger partial charge in [0.2, 0.25) is 0 Å². The van der Waals surface area contributed by atoms with Crippen LogP contribution >= 0.6 is 23.2 Å². The average Bonchev–Trinajstić information content (AvgIpc) is 2.64. The first-order valence-corrected chi connectivity index (χ1v) is 7.61. The van der Waals surface area contributed by atoms with E-state index in [1.165, 1.54) is 38.5 Å². The van der Waals surface area contributed by atoms with Crippen molar-refractivity contribution < 1.29 is 0 Å². The Kier molecular flexibility index (Phi) is 5.35. The van der Waals surface area contributed by atoms with Crippen molar-refractivity contribution in [1.82, 2.24) is 5.32 Å². The van der Waals surface area contributed by atoms with Crippen LogP contribution in [-0.2, 0) is 0 Å². The van der Waals surface area contributed by atoms with E-state index in [4.69, 9.17) is 23.2 Å². The lowest BCUT2D eigenvalue weighted by Gasteiger charge is -2.27. The van der Waals surface area contributed by atoms with Crippen LogP contribution in [0.5, 0.6) is 0 Å². The molecular formula is C15H21Cl2N. The monoisotopic (exact) mass is 285 g/mol. The van der Waals surface area contributed by atoms with E-state index in [0.717, 1.165) is 5.56 Å². The summed E-state index contributed by atoms with van der Waals surface area (Å²) in [5, 5.41) is 4.81. The van der Waals surface area contributed by atoms with Crippen LogP contribution in [-0.4, -0.2) is 7.05 Å². The molecule has 0 bridgehead atoms. The lowest BCUT2D eigenvalue weighted by atomic mass is 9.87. The first-order chi connectivity index (χ1) is 8.74. The highest BCUT2D eigenvalue weighted by Crippen LogP contribution is 2.38. The molecule has 3 heteroatoms. The molecule has 1 N–H and O–H groups in total. The Hall–Kier alpha value is -0.240. The summed E-state index contributed by atoms with van der Waals surface area (Å²) in [6, 6.07) is 6.27. The molecule has 1 aromatic rings. The van der Waals surface area contributed by atoms with E-state index < -0.39 is 0 Å². The maximum absolute atomic E-state index is 6.35. The number of halogens is 2. The molecule has 1 unspecified atom stereocenters. The van der Waals surface area contributed by atoms with Crippen molar-refractivity contribution in [3.63, 3.8) is 0 Å². The van der Waals surface area contributed by atoms with E-state index in [9.17, 15) is 0 Å². The molecule has 0 spiro atoms. The molecule has 1 aliphatic rings. The highest BCUT2D eigenvalue weighted by Gasteiger charge is 2.25. The number of benzene rings is 1. The van der Waals surface area contributed by atoms with Gasteiger partial charge in [-0.05, 0) is 37.4 Å². The Bertz CT molecular complexity index is 384. The molecule has 1 aromatic carbocycles. The van der Waals surface area contributed by atoms with Crippen LogP contribution in [0.25, 0.3) is 0 Å². The summed E-state index contributed by atoms with van der Waals surface area (Å²) >= 11 is 12.5. The van der Waals surface area contributed by atoms with Crippen molar-refractivity contribution in [3.8, 4) is 0 Å². The second kappa shape index (κ2) is 6.79. The van der Waals surface area contributed by atoms with E-state index in [0.29, 0.717) is 22.0 Å². The first-order valence-electron chi connectivity index (χ1n) is 6.85. The molecule has 18 heavy (non-hydrogen) atoms. The summed E-state index contributed by atoms with van der Waals surface area (Å²) in [7, 11) is 2.02. The van der Waals surface area contributed by atoms with Crippen LogP contribution in [0.2, 0.25) is 10.0 Å². The Morgan fingerprint density at radius 2 is 1.78 bits per heavy atom. The van der Waals surface area contributed by atoms with Gasteiger partial charge < -0.3 is 5.32 Å². The van der Waals surface area contributed by atoms with Crippen molar-refractivity contribution >= 4 is 23.2 Å². The Labute approximate surface area is 120 Å². The average molecular weight is 286 g/mol. The quantitative estimate of drug-likeness (QED) is 0.751. The third kappa shape index (κ3) is 3.20. The molecule has 0 amide bonds. The van der Waals surface area contributed by atoms with Gasteiger partial charge >= 0.3 is 0 Å². The fourth-order valence-electron chi connectivity index (χ4n) is 3.05. The largest absolute Gasteiger partial charge is 0.313 e. The molecule has 1 aliphatic carbocycles. The fourth-order valence-corrected chi connectivity index (χ4v) is 3.48. The number of hydrogen-bond acceptors (Lipinski definition) is 1. The molecule has 0 radical (unpaired) electrons. The van der Waals surface area contributed by atoms with Gasteiger partial charge in [0.15, 0.2) is 0 Å². The van der Waals surface area contributed by atoms with Crippen molar-refractivity contribution in [2.24, 2.45) is 5.92 Å². The zero-order valence-electron chi connectivity index (χ0n) is 10.9. The lowest BCUT2D eigenvalue weighted by molar-refractivity contribution is 0.342. The minimum absolute atomic E-state index is 0.328. The molecule has 2 rings (SSSR count). The van der Waals surface area contributed by atoms with Gasteiger partial charge in [0.05, 0.1) is 10.0 Å². The molecule has 1 atom stereocenters. The van der Waals surface area contributed by atoms with E-state index in [2.05, 4.69) is 11.4 Å². The van der Waals surface area contributed by atoms with Gasteiger partial charge in [-0.2, -0.15) is 0 Å². The number of nitrogens with one attached hydrogen (secondary N) is 1. The van der Waals surface area contributed by atoms with E-state index in [1.807, 2.05) is 19.2 Å². The second-order valence-corrected chi connectivity index (χ2v) is 5.95. The fraction of sp³-hybridized carbons (Fsp3) is 0.600.